The van der Waals surface area contributed by atoms with Crippen LogP contribution >= 0.6 is 0 Å². The number of carbonyl (C=O) groups is 2. The Bertz CT molecular complexity index is 453. The Kier molecular flexibility index (Phi) is 3.81. The van der Waals surface area contributed by atoms with Gasteiger partial charge in [0, 0.05) is 5.54 Å². The normalized spacial score (nSPS) is 38.5. The first-order chi connectivity index (χ1) is 10.3. The topological polar surface area (TPSA) is 96.9 Å². The van der Waals surface area contributed by atoms with E-state index in [9.17, 15) is 9.59 Å². The van der Waals surface area contributed by atoms with E-state index in [-0.39, 0.29) is 41.9 Å². The quantitative estimate of drug-likeness (QED) is 0.652. The molecule has 0 aromatic heterocycles. The SMILES string of the molecule is CC(C)OC1CC(OCC(=O)NC23CC(NC(=O)O)(C2)C3)C1. The van der Waals surface area contributed by atoms with Crippen molar-refractivity contribution < 1.29 is 24.2 Å². The molecule has 0 aromatic carbocycles. The minimum Gasteiger partial charge on any atom is -0.465 e. The lowest BCUT2D eigenvalue weighted by Gasteiger charge is -2.69. The molecule has 0 heterocycles. The first kappa shape index (κ1) is 15.6. The van der Waals surface area contributed by atoms with E-state index in [0.29, 0.717) is 19.3 Å². The van der Waals surface area contributed by atoms with E-state index in [1.807, 2.05) is 13.8 Å². The minimum absolute atomic E-state index is 0.0696. The Morgan fingerprint density at radius 2 is 1.73 bits per heavy atom. The van der Waals surface area contributed by atoms with Crippen LogP contribution in [0.1, 0.15) is 46.0 Å². The number of carbonyl (C=O) groups excluding carboxylic acids is 1. The van der Waals surface area contributed by atoms with Gasteiger partial charge in [0.05, 0.1) is 23.9 Å². The van der Waals surface area contributed by atoms with Gasteiger partial charge in [0.15, 0.2) is 0 Å². The standard InChI is InChI=1S/C15H24N2O5/c1-9(2)22-11-3-10(4-11)21-5-12(18)16-14-6-15(7-14,8-14)17-13(19)20/h9-11,17H,3-8H2,1-2H3,(H,16,18)(H,19,20). The van der Waals surface area contributed by atoms with Crippen LogP contribution < -0.4 is 10.6 Å². The molecule has 3 N–H and O–H groups in total. The summed E-state index contributed by atoms with van der Waals surface area (Å²) in [6.07, 6.45) is 3.36. The van der Waals surface area contributed by atoms with Crippen molar-refractivity contribution in [2.45, 2.75) is 75.3 Å². The third-order valence-electron chi connectivity index (χ3n) is 4.77. The van der Waals surface area contributed by atoms with E-state index in [1.165, 1.54) is 0 Å². The fraction of sp³-hybridized carbons (Fsp3) is 0.867. The summed E-state index contributed by atoms with van der Waals surface area (Å²) in [5, 5.41) is 14.2. The van der Waals surface area contributed by atoms with E-state index in [1.54, 1.807) is 0 Å². The maximum atomic E-state index is 11.9. The summed E-state index contributed by atoms with van der Waals surface area (Å²) in [5.41, 5.74) is -0.499. The highest BCUT2D eigenvalue weighted by atomic mass is 16.5. The lowest BCUT2D eigenvalue weighted by atomic mass is 9.44. The van der Waals surface area contributed by atoms with Crippen molar-refractivity contribution >= 4 is 12.0 Å². The van der Waals surface area contributed by atoms with Crippen LogP contribution in [0.2, 0.25) is 0 Å². The number of nitrogens with one attached hydrogen (secondary N) is 2. The number of hydrogen-bond acceptors (Lipinski definition) is 4. The van der Waals surface area contributed by atoms with Gasteiger partial charge in [0.2, 0.25) is 5.91 Å². The second-order valence-corrected chi connectivity index (χ2v) is 7.28. The van der Waals surface area contributed by atoms with Crippen LogP contribution in [0.15, 0.2) is 0 Å². The van der Waals surface area contributed by atoms with Gasteiger partial charge in [-0.1, -0.05) is 0 Å². The van der Waals surface area contributed by atoms with Crippen molar-refractivity contribution in [3.05, 3.63) is 0 Å². The van der Waals surface area contributed by atoms with E-state index in [0.717, 1.165) is 12.8 Å². The number of amides is 2. The number of carboxylic acid groups (broad SMARTS) is 1. The van der Waals surface area contributed by atoms with Crippen LogP contribution in [0.3, 0.4) is 0 Å². The number of ether oxygens (including phenoxy) is 2. The van der Waals surface area contributed by atoms with Crippen LogP contribution in [-0.2, 0) is 14.3 Å². The van der Waals surface area contributed by atoms with Crippen LogP contribution in [-0.4, -0.2) is 53.1 Å². The van der Waals surface area contributed by atoms with Crippen LogP contribution in [0.4, 0.5) is 4.79 Å². The predicted molar refractivity (Wildman–Crippen MR) is 77.6 cm³/mol. The van der Waals surface area contributed by atoms with Crippen LogP contribution in [0.25, 0.3) is 0 Å². The summed E-state index contributed by atoms with van der Waals surface area (Å²) in [7, 11) is 0. The average Bonchev–Trinajstić information content (AvgIpc) is 2.26. The molecule has 0 radical (unpaired) electrons. The molecule has 4 aliphatic carbocycles. The molecule has 2 amide bonds. The van der Waals surface area contributed by atoms with Crippen LogP contribution in [0.5, 0.6) is 0 Å². The van der Waals surface area contributed by atoms with Crippen LogP contribution in [0, 0.1) is 0 Å². The fourth-order valence-electron chi connectivity index (χ4n) is 3.95. The van der Waals surface area contributed by atoms with Crippen molar-refractivity contribution in [1.82, 2.24) is 10.6 Å². The summed E-state index contributed by atoms with van der Waals surface area (Å²) in [6.45, 7) is 4.09. The lowest BCUT2D eigenvalue weighted by molar-refractivity contribution is -0.154. The average molecular weight is 312 g/mol. The van der Waals surface area contributed by atoms with Crippen molar-refractivity contribution in [3.8, 4) is 0 Å². The van der Waals surface area contributed by atoms with E-state index >= 15 is 0 Å². The molecule has 2 bridgehead atoms. The van der Waals surface area contributed by atoms with E-state index in [4.69, 9.17) is 14.6 Å². The zero-order chi connectivity index (χ0) is 16.0. The molecule has 0 atom stereocenters. The molecule has 22 heavy (non-hydrogen) atoms. The third kappa shape index (κ3) is 3.05. The first-order valence-electron chi connectivity index (χ1n) is 7.89. The molecule has 0 unspecified atom stereocenters. The highest BCUT2D eigenvalue weighted by Crippen LogP contribution is 2.60. The molecule has 0 aliphatic heterocycles. The molecule has 7 nitrogen and oxygen atoms in total. The zero-order valence-electron chi connectivity index (χ0n) is 13.1. The molecular weight excluding hydrogens is 288 g/mol. The molecule has 4 aliphatic rings. The summed E-state index contributed by atoms with van der Waals surface area (Å²) < 4.78 is 11.2. The zero-order valence-corrected chi connectivity index (χ0v) is 13.1. The van der Waals surface area contributed by atoms with Gasteiger partial charge in [-0.15, -0.1) is 0 Å². The molecule has 4 fully saturated rings. The molecular formula is C15H24N2O5. The lowest BCUT2D eigenvalue weighted by Crippen LogP contribution is -2.83. The summed E-state index contributed by atoms with van der Waals surface area (Å²) in [5.74, 6) is -0.114. The maximum absolute atomic E-state index is 11.9. The van der Waals surface area contributed by atoms with Crippen molar-refractivity contribution in [1.29, 1.82) is 0 Å². The third-order valence-corrected chi connectivity index (χ3v) is 4.77. The highest BCUT2D eigenvalue weighted by Gasteiger charge is 2.69. The second-order valence-electron chi connectivity index (χ2n) is 7.28. The Balaban J connectivity index is 1.29. The van der Waals surface area contributed by atoms with E-state index < -0.39 is 6.09 Å². The Labute approximate surface area is 129 Å². The Hall–Kier alpha value is -1.34. The van der Waals surface area contributed by atoms with Crippen molar-refractivity contribution in [3.63, 3.8) is 0 Å². The number of hydrogen-bond donors (Lipinski definition) is 3. The maximum Gasteiger partial charge on any atom is 0.405 e. The molecule has 4 rings (SSSR count). The van der Waals surface area contributed by atoms with Crippen molar-refractivity contribution in [2.24, 2.45) is 0 Å². The monoisotopic (exact) mass is 312 g/mol. The van der Waals surface area contributed by atoms with Gasteiger partial charge in [-0.25, -0.2) is 4.79 Å². The highest BCUT2D eigenvalue weighted by molar-refractivity contribution is 5.79. The molecule has 0 spiro atoms. The molecule has 124 valence electrons. The molecule has 7 heteroatoms. The predicted octanol–water partition coefficient (Wildman–Crippen LogP) is 1.02. The van der Waals surface area contributed by atoms with Gasteiger partial charge in [0.1, 0.15) is 6.61 Å². The second kappa shape index (κ2) is 5.38. The minimum atomic E-state index is -0.994. The fourth-order valence-corrected chi connectivity index (χ4v) is 3.95. The molecule has 4 saturated carbocycles. The van der Waals surface area contributed by atoms with E-state index in [2.05, 4.69) is 10.6 Å². The summed E-state index contributed by atoms with van der Waals surface area (Å²) in [4.78, 5) is 22.5. The van der Waals surface area contributed by atoms with Gasteiger partial charge in [0.25, 0.3) is 0 Å². The molecule has 0 aromatic rings. The summed E-state index contributed by atoms with van der Waals surface area (Å²) >= 11 is 0. The van der Waals surface area contributed by atoms with Gasteiger partial charge in [-0.05, 0) is 46.0 Å². The van der Waals surface area contributed by atoms with Gasteiger partial charge >= 0.3 is 6.09 Å². The Morgan fingerprint density at radius 3 is 2.27 bits per heavy atom. The van der Waals surface area contributed by atoms with Gasteiger partial charge in [-0.3, -0.25) is 4.79 Å². The summed E-state index contributed by atoms with van der Waals surface area (Å²) in [6, 6.07) is 0. The first-order valence-corrected chi connectivity index (χ1v) is 7.89. The number of rotatable bonds is 7. The smallest absolute Gasteiger partial charge is 0.405 e. The Morgan fingerprint density at radius 1 is 1.14 bits per heavy atom. The largest absolute Gasteiger partial charge is 0.465 e. The van der Waals surface area contributed by atoms with Crippen molar-refractivity contribution in [2.75, 3.05) is 6.61 Å². The molecule has 0 saturated heterocycles. The van der Waals surface area contributed by atoms with Gasteiger partial charge < -0.3 is 25.2 Å². The van der Waals surface area contributed by atoms with Gasteiger partial charge in [-0.2, -0.15) is 0 Å².